The van der Waals surface area contributed by atoms with Gasteiger partial charge in [0.15, 0.2) is 12.0 Å². The Bertz CT molecular complexity index is 1180. The van der Waals surface area contributed by atoms with Crippen LogP contribution in [0.5, 0.6) is 5.75 Å². The number of hydrogen-bond acceptors (Lipinski definition) is 10. The highest BCUT2D eigenvalue weighted by Gasteiger charge is 2.14. The first-order valence-corrected chi connectivity index (χ1v) is 10.8. The summed E-state index contributed by atoms with van der Waals surface area (Å²) in [6.07, 6.45) is 1.43. The van der Waals surface area contributed by atoms with Crippen molar-refractivity contribution in [1.29, 1.82) is 0 Å². The second-order valence-electron chi connectivity index (χ2n) is 6.93. The minimum Gasteiger partial charge on any atom is -0.495 e. The van der Waals surface area contributed by atoms with Crippen molar-refractivity contribution in [1.82, 2.24) is 15.4 Å². The summed E-state index contributed by atoms with van der Waals surface area (Å²) < 4.78 is 5.39. The molecule has 0 saturated heterocycles. The molecule has 1 atom stereocenters. The van der Waals surface area contributed by atoms with Crippen LogP contribution in [0.2, 0.25) is 5.02 Å². The van der Waals surface area contributed by atoms with Gasteiger partial charge in [0.05, 0.1) is 43.6 Å². The van der Waals surface area contributed by atoms with E-state index in [0.717, 1.165) is 0 Å². The van der Waals surface area contributed by atoms with Crippen LogP contribution in [0.15, 0.2) is 61.3 Å². The number of para-hydroxylation sites is 2. The van der Waals surface area contributed by atoms with Crippen molar-refractivity contribution in [3.05, 3.63) is 71.9 Å². The summed E-state index contributed by atoms with van der Waals surface area (Å²) in [5.41, 5.74) is 4.44. The molecule has 0 aliphatic carbocycles. The van der Waals surface area contributed by atoms with Gasteiger partial charge in [-0.1, -0.05) is 36.4 Å². The predicted octanol–water partition coefficient (Wildman–Crippen LogP) is 3.25. The lowest BCUT2D eigenvalue weighted by atomic mass is 10.1. The smallest absolute Gasteiger partial charge is 0.247 e. The topological polar surface area (TPSA) is 150 Å². The summed E-state index contributed by atoms with van der Waals surface area (Å²) in [5, 5.41) is 28.2. The maximum atomic E-state index is 11.7. The molecule has 0 spiro atoms. The van der Waals surface area contributed by atoms with Crippen molar-refractivity contribution in [2.45, 2.75) is 6.23 Å². The second-order valence-corrected chi connectivity index (χ2v) is 7.34. The number of carbonyl (C=O) groups is 1. The first-order chi connectivity index (χ1) is 16.9. The number of ether oxygens (including phenoxy) is 1. The molecule has 1 amide bonds. The number of aliphatic hydroxyl groups is 2. The molecule has 3 rings (SSSR count). The Balaban J connectivity index is 1.84. The average molecular weight is 501 g/mol. The Hall–Kier alpha value is -3.74. The van der Waals surface area contributed by atoms with Crippen LogP contribution in [-0.4, -0.2) is 46.4 Å². The van der Waals surface area contributed by atoms with Crippen molar-refractivity contribution >= 4 is 46.3 Å². The van der Waals surface area contributed by atoms with Crippen LogP contribution in [0.4, 0.5) is 28.8 Å². The molecule has 0 aliphatic rings. The van der Waals surface area contributed by atoms with Gasteiger partial charge in [-0.3, -0.25) is 9.63 Å². The van der Waals surface area contributed by atoms with Gasteiger partial charge in [0.25, 0.3) is 0 Å². The monoisotopic (exact) mass is 500 g/mol. The van der Waals surface area contributed by atoms with Crippen molar-refractivity contribution < 1.29 is 24.6 Å². The van der Waals surface area contributed by atoms with Crippen LogP contribution >= 0.6 is 11.6 Å². The normalized spacial score (nSPS) is 11.4. The van der Waals surface area contributed by atoms with Gasteiger partial charge in [0, 0.05) is 0 Å². The second kappa shape index (κ2) is 12.6. The molecule has 6 N–H and O–H groups in total. The van der Waals surface area contributed by atoms with Crippen LogP contribution in [0.3, 0.4) is 0 Å². The highest BCUT2D eigenvalue weighted by atomic mass is 35.5. The number of rotatable bonds is 12. The number of hydrogen-bond donors (Lipinski definition) is 6. The summed E-state index contributed by atoms with van der Waals surface area (Å²) in [6.45, 7) is 3.29. The van der Waals surface area contributed by atoms with Crippen molar-refractivity contribution in [3.63, 3.8) is 0 Å². The lowest BCUT2D eigenvalue weighted by Crippen LogP contribution is -2.23. The molecule has 35 heavy (non-hydrogen) atoms. The van der Waals surface area contributed by atoms with Gasteiger partial charge < -0.3 is 30.9 Å². The molecule has 3 aromatic rings. The van der Waals surface area contributed by atoms with Crippen molar-refractivity contribution in [2.24, 2.45) is 0 Å². The molecule has 1 unspecified atom stereocenters. The summed E-state index contributed by atoms with van der Waals surface area (Å²) in [7, 11) is 1.50. The van der Waals surface area contributed by atoms with Gasteiger partial charge in [-0.05, 0) is 35.9 Å². The van der Waals surface area contributed by atoms with E-state index in [-0.39, 0.29) is 30.1 Å². The van der Waals surface area contributed by atoms with Gasteiger partial charge in [-0.15, -0.1) is 0 Å². The fourth-order valence-corrected chi connectivity index (χ4v) is 3.03. The molecule has 0 saturated carbocycles. The van der Waals surface area contributed by atoms with Gasteiger partial charge >= 0.3 is 0 Å². The number of halogens is 1. The van der Waals surface area contributed by atoms with Gasteiger partial charge in [-0.25, -0.2) is 4.98 Å². The third-order valence-electron chi connectivity index (χ3n) is 4.54. The molecule has 184 valence electrons. The fraction of sp³-hybridized carbons (Fsp3) is 0.174. The van der Waals surface area contributed by atoms with Crippen molar-refractivity contribution in [3.8, 4) is 5.75 Å². The summed E-state index contributed by atoms with van der Waals surface area (Å²) in [4.78, 5) is 25.3. The zero-order valence-corrected chi connectivity index (χ0v) is 19.5. The largest absolute Gasteiger partial charge is 0.495 e. The molecule has 0 aliphatic heterocycles. The van der Waals surface area contributed by atoms with Gasteiger partial charge in [-0.2, -0.15) is 10.5 Å². The lowest BCUT2D eigenvalue weighted by molar-refractivity contribution is -0.111. The standard InChI is InChI=1S/C23H25ClN6O5/c1-3-20(32)26-16-6-4-5-7-17(16)27-21-15(24)13-25-23(29-21)28-18-12-14(8-9-19(18)34-2)22(33)30-35-11-10-31/h3-9,12-13,22,30-31,33H,1,10-11H2,2H3,(H,26,32)(H2,25,27,28,29). The molecular formula is C23H25ClN6O5. The number of carbonyl (C=O) groups excluding carboxylic acids is 1. The average Bonchev–Trinajstić information content (AvgIpc) is 2.87. The highest BCUT2D eigenvalue weighted by Crippen LogP contribution is 2.32. The fourth-order valence-electron chi connectivity index (χ4n) is 2.89. The number of aromatic nitrogens is 2. The number of amides is 1. The minimum atomic E-state index is -1.15. The summed E-state index contributed by atoms with van der Waals surface area (Å²) in [5.74, 6) is 0.598. The van der Waals surface area contributed by atoms with Crippen LogP contribution in [0, 0.1) is 0 Å². The number of benzene rings is 2. The SMILES string of the molecule is C=CC(=O)Nc1ccccc1Nc1nc(Nc2cc(C(O)NOCCO)ccc2OC)ncc1Cl. The Morgan fingerprint density at radius 1 is 1.20 bits per heavy atom. The third kappa shape index (κ3) is 7.12. The quantitative estimate of drug-likeness (QED) is 0.0946. The molecule has 1 heterocycles. The predicted molar refractivity (Wildman–Crippen MR) is 133 cm³/mol. The molecule has 1 aromatic heterocycles. The highest BCUT2D eigenvalue weighted by molar-refractivity contribution is 6.33. The number of hydroxylamine groups is 1. The van der Waals surface area contributed by atoms with Crippen molar-refractivity contribution in [2.75, 3.05) is 36.3 Å². The lowest BCUT2D eigenvalue weighted by Gasteiger charge is -2.17. The van der Waals surface area contributed by atoms with E-state index in [2.05, 4.69) is 38.0 Å². The zero-order chi connectivity index (χ0) is 25.2. The number of nitrogens with zero attached hydrogens (tertiary/aromatic N) is 2. The number of methoxy groups -OCH3 is 1. The number of anilines is 5. The van der Waals surface area contributed by atoms with Crippen LogP contribution in [0.1, 0.15) is 11.8 Å². The first-order valence-electron chi connectivity index (χ1n) is 10.4. The molecule has 12 heteroatoms. The van der Waals surface area contributed by atoms with Gasteiger partial charge in [0.2, 0.25) is 11.9 Å². The maximum Gasteiger partial charge on any atom is 0.247 e. The molecule has 0 bridgehead atoms. The summed E-state index contributed by atoms with van der Waals surface area (Å²) >= 11 is 6.30. The van der Waals surface area contributed by atoms with E-state index in [1.807, 2.05) is 0 Å². The zero-order valence-electron chi connectivity index (χ0n) is 18.8. The molecule has 0 fully saturated rings. The van der Waals surface area contributed by atoms with E-state index in [9.17, 15) is 9.90 Å². The van der Waals surface area contributed by atoms with E-state index in [4.69, 9.17) is 26.3 Å². The maximum absolute atomic E-state index is 11.7. The van der Waals surface area contributed by atoms with Crippen LogP contribution < -0.4 is 26.2 Å². The van der Waals surface area contributed by atoms with E-state index in [0.29, 0.717) is 34.2 Å². The number of aliphatic hydroxyl groups excluding tert-OH is 2. The van der Waals surface area contributed by atoms with E-state index in [1.54, 1.807) is 42.5 Å². The van der Waals surface area contributed by atoms with E-state index in [1.165, 1.54) is 19.4 Å². The molecule has 0 radical (unpaired) electrons. The van der Waals surface area contributed by atoms with Crippen LogP contribution in [0.25, 0.3) is 0 Å². The Labute approximate surface area is 206 Å². The van der Waals surface area contributed by atoms with Gasteiger partial charge in [0.1, 0.15) is 10.8 Å². The summed E-state index contributed by atoms with van der Waals surface area (Å²) in [6, 6.07) is 12.0. The van der Waals surface area contributed by atoms with E-state index >= 15 is 0 Å². The third-order valence-corrected chi connectivity index (χ3v) is 4.82. The molecule has 11 nitrogen and oxygen atoms in total. The van der Waals surface area contributed by atoms with Crippen LogP contribution in [-0.2, 0) is 9.63 Å². The molecular weight excluding hydrogens is 476 g/mol. The van der Waals surface area contributed by atoms with E-state index < -0.39 is 6.23 Å². The molecule has 2 aromatic carbocycles. The Morgan fingerprint density at radius 2 is 1.97 bits per heavy atom. The first kappa shape index (κ1) is 25.9. The Morgan fingerprint density at radius 3 is 2.69 bits per heavy atom. The number of nitrogens with one attached hydrogen (secondary N) is 4. The Kier molecular flexibility index (Phi) is 9.35. The minimum absolute atomic E-state index is 0.0209.